The molecular weight excluding hydrogens is 464 g/mol. The Labute approximate surface area is 200 Å². The molecule has 0 bridgehead atoms. The first-order valence-electron chi connectivity index (χ1n) is 10.7. The fourth-order valence-electron chi connectivity index (χ4n) is 4.33. The largest absolute Gasteiger partial charge is 0.465 e. The molecule has 2 aliphatic rings. The lowest BCUT2D eigenvalue weighted by molar-refractivity contribution is -0.140. The zero-order valence-corrected chi connectivity index (χ0v) is 19.0. The summed E-state index contributed by atoms with van der Waals surface area (Å²) in [5.41, 5.74) is 0.888. The second-order valence-electron chi connectivity index (χ2n) is 8.26. The summed E-state index contributed by atoms with van der Waals surface area (Å²) in [5, 5.41) is 16.8. The summed E-state index contributed by atoms with van der Waals surface area (Å²) in [6.45, 7) is 2.18. The molecule has 178 valence electrons. The quantitative estimate of drug-likeness (QED) is 0.520. The van der Waals surface area contributed by atoms with Gasteiger partial charge in [-0.1, -0.05) is 11.6 Å². The Balaban J connectivity index is 1.46. The second-order valence-corrected chi connectivity index (χ2v) is 8.70. The number of nitrogens with zero attached hydrogens (tertiary/aromatic N) is 1. The molecular formula is C23H23ClN4O6. The Morgan fingerprint density at radius 3 is 2.65 bits per heavy atom. The van der Waals surface area contributed by atoms with Crippen LogP contribution in [0.25, 0.3) is 0 Å². The number of anilines is 2. The number of carbonyl (C=O) groups is 4. The molecule has 10 nitrogen and oxygen atoms in total. The Hall–Kier alpha value is -3.79. The van der Waals surface area contributed by atoms with Gasteiger partial charge in [-0.05, 0) is 62.2 Å². The third-order valence-corrected chi connectivity index (χ3v) is 6.12. The minimum atomic E-state index is -1.21. The van der Waals surface area contributed by atoms with Gasteiger partial charge in [-0.2, -0.15) is 0 Å². The third kappa shape index (κ3) is 4.76. The standard InChI is InChI=1S/C23H23ClN4O6/c1-13(25-19(29)14-3-6-16(7-4-14)26-21(31)32)20(30)28-10-2-9-23(12-28)17-11-15(24)5-8-18(17)27-22(33)34-23/h3-8,11,13,26H,2,9-10,12H2,1H3,(H,25,29)(H,27,33)(H,31,32)/t13-,23-/m0/s1. The number of fused-ring (bicyclic) bond motifs is 2. The number of halogens is 1. The van der Waals surface area contributed by atoms with Crippen molar-refractivity contribution in [2.75, 3.05) is 23.7 Å². The molecule has 0 saturated carbocycles. The predicted octanol–water partition coefficient (Wildman–Crippen LogP) is 3.63. The van der Waals surface area contributed by atoms with E-state index < -0.39 is 29.7 Å². The fraction of sp³-hybridized carbons (Fsp3) is 0.304. The van der Waals surface area contributed by atoms with Gasteiger partial charge in [-0.3, -0.25) is 20.2 Å². The molecule has 4 amide bonds. The first kappa shape index (κ1) is 23.4. The van der Waals surface area contributed by atoms with E-state index in [1.165, 1.54) is 24.3 Å². The van der Waals surface area contributed by atoms with Crippen LogP contribution in [0, 0.1) is 0 Å². The van der Waals surface area contributed by atoms with E-state index in [0.29, 0.717) is 41.3 Å². The molecule has 11 heteroatoms. The topological polar surface area (TPSA) is 137 Å². The van der Waals surface area contributed by atoms with Crippen LogP contribution in [0.4, 0.5) is 21.0 Å². The molecule has 1 fully saturated rings. The number of ether oxygens (including phenoxy) is 1. The predicted molar refractivity (Wildman–Crippen MR) is 124 cm³/mol. The van der Waals surface area contributed by atoms with Crippen molar-refractivity contribution in [3.63, 3.8) is 0 Å². The van der Waals surface area contributed by atoms with Gasteiger partial charge in [-0.25, -0.2) is 9.59 Å². The minimum Gasteiger partial charge on any atom is -0.465 e. The Morgan fingerprint density at radius 2 is 1.94 bits per heavy atom. The van der Waals surface area contributed by atoms with Crippen LogP contribution in [-0.4, -0.2) is 53.1 Å². The van der Waals surface area contributed by atoms with Crippen molar-refractivity contribution in [3.05, 3.63) is 58.6 Å². The maximum Gasteiger partial charge on any atom is 0.412 e. The number of piperidine rings is 1. The average molecular weight is 487 g/mol. The van der Waals surface area contributed by atoms with Crippen LogP contribution < -0.4 is 16.0 Å². The van der Waals surface area contributed by atoms with Gasteiger partial charge < -0.3 is 20.1 Å². The normalized spacial score (nSPS) is 19.9. The lowest BCUT2D eigenvalue weighted by atomic mass is 9.83. The number of likely N-dealkylation sites (tertiary alicyclic amines) is 1. The molecule has 34 heavy (non-hydrogen) atoms. The maximum absolute atomic E-state index is 13.2. The van der Waals surface area contributed by atoms with Crippen molar-refractivity contribution in [1.82, 2.24) is 10.2 Å². The molecule has 2 aromatic rings. The average Bonchev–Trinajstić information content (AvgIpc) is 2.79. The zero-order chi connectivity index (χ0) is 24.5. The van der Waals surface area contributed by atoms with Crippen LogP contribution >= 0.6 is 11.6 Å². The highest BCUT2D eigenvalue weighted by Gasteiger charge is 2.46. The monoisotopic (exact) mass is 486 g/mol. The number of rotatable bonds is 4. The van der Waals surface area contributed by atoms with Gasteiger partial charge in [-0.15, -0.1) is 0 Å². The van der Waals surface area contributed by atoms with Gasteiger partial charge in [0.05, 0.1) is 12.2 Å². The lowest BCUT2D eigenvalue weighted by Gasteiger charge is -2.45. The van der Waals surface area contributed by atoms with Crippen LogP contribution in [0.2, 0.25) is 5.02 Å². The van der Waals surface area contributed by atoms with Crippen LogP contribution in [0.3, 0.4) is 0 Å². The number of hydrogen-bond donors (Lipinski definition) is 4. The SMILES string of the molecule is C[C@H](NC(=O)c1ccc(NC(=O)O)cc1)C(=O)N1CCC[C@@]2(C1)OC(=O)Nc1ccc(Cl)cc12. The van der Waals surface area contributed by atoms with Crippen molar-refractivity contribution in [1.29, 1.82) is 0 Å². The van der Waals surface area contributed by atoms with E-state index in [4.69, 9.17) is 21.4 Å². The molecule has 1 saturated heterocycles. The van der Waals surface area contributed by atoms with Gasteiger partial charge in [0.25, 0.3) is 5.91 Å². The van der Waals surface area contributed by atoms with Crippen molar-refractivity contribution >= 4 is 47.0 Å². The number of hydrogen-bond acceptors (Lipinski definition) is 5. The van der Waals surface area contributed by atoms with E-state index in [1.54, 1.807) is 30.0 Å². The van der Waals surface area contributed by atoms with Crippen LogP contribution in [0.15, 0.2) is 42.5 Å². The van der Waals surface area contributed by atoms with Crippen molar-refractivity contribution in [3.8, 4) is 0 Å². The van der Waals surface area contributed by atoms with Crippen LogP contribution in [0.1, 0.15) is 35.7 Å². The molecule has 1 spiro atoms. The number of carboxylic acid groups (broad SMARTS) is 1. The van der Waals surface area contributed by atoms with Gasteiger partial charge in [0.15, 0.2) is 5.60 Å². The highest BCUT2D eigenvalue weighted by atomic mass is 35.5. The molecule has 0 aliphatic carbocycles. The molecule has 2 aromatic carbocycles. The van der Waals surface area contributed by atoms with Crippen LogP contribution in [0.5, 0.6) is 0 Å². The summed E-state index contributed by atoms with van der Waals surface area (Å²) >= 11 is 6.19. The van der Waals surface area contributed by atoms with E-state index in [9.17, 15) is 19.2 Å². The summed E-state index contributed by atoms with van der Waals surface area (Å²) < 4.78 is 5.71. The Bertz CT molecular complexity index is 1150. The summed E-state index contributed by atoms with van der Waals surface area (Å²) in [6.07, 6.45) is -0.662. The van der Waals surface area contributed by atoms with Gasteiger partial charge in [0.2, 0.25) is 5.91 Å². The van der Waals surface area contributed by atoms with E-state index in [0.717, 1.165) is 0 Å². The molecule has 0 radical (unpaired) electrons. The molecule has 0 aromatic heterocycles. The second kappa shape index (κ2) is 9.22. The van der Waals surface area contributed by atoms with Gasteiger partial charge in [0, 0.05) is 28.4 Å². The summed E-state index contributed by atoms with van der Waals surface area (Å²) in [7, 11) is 0. The highest BCUT2D eigenvalue weighted by molar-refractivity contribution is 6.30. The first-order chi connectivity index (χ1) is 16.2. The van der Waals surface area contributed by atoms with E-state index in [2.05, 4.69) is 16.0 Å². The summed E-state index contributed by atoms with van der Waals surface area (Å²) in [6, 6.07) is 10.1. The van der Waals surface area contributed by atoms with E-state index in [1.807, 2.05) is 0 Å². The fourth-order valence-corrected chi connectivity index (χ4v) is 4.50. The maximum atomic E-state index is 13.2. The van der Waals surface area contributed by atoms with Crippen molar-refractivity contribution < 1.29 is 29.0 Å². The molecule has 2 heterocycles. The van der Waals surface area contributed by atoms with E-state index in [-0.39, 0.29) is 18.0 Å². The van der Waals surface area contributed by atoms with Gasteiger partial charge in [0.1, 0.15) is 6.04 Å². The Morgan fingerprint density at radius 1 is 1.21 bits per heavy atom. The molecule has 0 unspecified atom stereocenters. The van der Waals surface area contributed by atoms with Crippen LogP contribution in [-0.2, 0) is 15.1 Å². The molecule has 2 atom stereocenters. The van der Waals surface area contributed by atoms with E-state index >= 15 is 0 Å². The zero-order valence-electron chi connectivity index (χ0n) is 18.3. The van der Waals surface area contributed by atoms with Crippen molar-refractivity contribution in [2.24, 2.45) is 0 Å². The Kier molecular flexibility index (Phi) is 6.34. The van der Waals surface area contributed by atoms with Gasteiger partial charge >= 0.3 is 12.2 Å². The van der Waals surface area contributed by atoms with Crippen molar-refractivity contribution in [2.45, 2.75) is 31.4 Å². The number of amides is 4. The lowest BCUT2D eigenvalue weighted by Crippen LogP contribution is -2.56. The summed E-state index contributed by atoms with van der Waals surface area (Å²) in [5.74, 6) is -0.783. The third-order valence-electron chi connectivity index (χ3n) is 5.88. The highest BCUT2D eigenvalue weighted by Crippen LogP contribution is 2.43. The first-order valence-corrected chi connectivity index (χ1v) is 11.0. The molecule has 4 N–H and O–H groups in total. The molecule has 2 aliphatic heterocycles. The molecule has 4 rings (SSSR count). The number of benzene rings is 2. The number of carbonyl (C=O) groups excluding carboxylic acids is 3. The minimum absolute atomic E-state index is 0.141. The number of nitrogens with one attached hydrogen (secondary N) is 3. The summed E-state index contributed by atoms with van der Waals surface area (Å²) in [4.78, 5) is 50.3. The smallest absolute Gasteiger partial charge is 0.412 e.